The van der Waals surface area contributed by atoms with Crippen LogP contribution in [0.3, 0.4) is 0 Å². The molecular formula is C15H20ClFN2O2. The molecule has 0 aromatic heterocycles. The van der Waals surface area contributed by atoms with E-state index in [0.29, 0.717) is 17.5 Å². The number of hydrogen-bond acceptors (Lipinski definition) is 3. The minimum atomic E-state index is -0.484. The second-order valence-corrected chi connectivity index (χ2v) is 5.77. The molecule has 116 valence electrons. The molecule has 1 aromatic carbocycles. The number of amides is 1. The van der Waals surface area contributed by atoms with E-state index in [-0.39, 0.29) is 36.0 Å². The number of hydrogen-bond donors (Lipinski definition) is 2. The molecule has 2 bridgehead atoms. The average molecular weight is 315 g/mol. The number of benzene rings is 1. The Morgan fingerprint density at radius 3 is 2.67 bits per heavy atom. The third-order valence-electron chi connectivity index (χ3n) is 4.70. The molecule has 3 N–H and O–H groups in total. The number of carbonyl (C=O) groups is 1. The molecule has 6 heteroatoms. The van der Waals surface area contributed by atoms with Crippen LogP contribution in [0.2, 0.25) is 0 Å². The minimum absolute atomic E-state index is 0. The van der Waals surface area contributed by atoms with Gasteiger partial charge in [-0.2, -0.15) is 0 Å². The highest BCUT2D eigenvalue weighted by Gasteiger charge is 2.49. The Morgan fingerprint density at radius 1 is 1.38 bits per heavy atom. The Morgan fingerprint density at radius 2 is 2.10 bits per heavy atom. The Bertz CT molecular complexity index is 538. The molecule has 1 aromatic rings. The molecule has 0 saturated heterocycles. The van der Waals surface area contributed by atoms with Crippen LogP contribution < -0.4 is 15.8 Å². The minimum Gasteiger partial charge on any atom is -0.494 e. The summed E-state index contributed by atoms with van der Waals surface area (Å²) in [5, 5.41) is 2.78. The van der Waals surface area contributed by atoms with Crippen molar-refractivity contribution in [2.45, 2.75) is 25.3 Å². The molecule has 4 nitrogen and oxygen atoms in total. The Balaban J connectivity index is 0.00000161. The summed E-state index contributed by atoms with van der Waals surface area (Å²) in [6, 6.07) is 4.36. The summed E-state index contributed by atoms with van der Waals surface area (Å²) >= 11 is 0. The molecule has 2 aliphatic rings. The van der Waals surface area contributed by atoms with E-state index in [1.807, 2.05) is 0 Å². The lowest BCUT2D eigenvalue weighted by Crippen LogP contribution is -2.42. The van der Waals surface area contributed by atoms with Gasteiger partial charge in [-0.3, -0.25) is 4.79 Å². The first-order chi connectivity index (χ1) is 9.60. The predicted molar refractivity (Wildman–Crippen MR) is 81.1 cm³/mol. The van der Waals surface area contributed by atoms with Gasteiger partial charge < -0.3 is 15.8 Å². The van der Waals surface area contributed by atoms with E-state index in [2.05, 4.69) is 5.32 Å². The fourth-order valence-corrected chi connectivity index (χ4v) is 3.69. The summed E-state index contributed by atoms with van der Waals surface area (Å²) < 4.78 is 18.5. The summed E-state index contributed by atoms with van der Waals surface area (Å²) in [6.45, 7) is 0. The number of halogens is 2. The zero-order valence-electron chi connectivity index (χ0n) is 11.8. The fraction of sp³-hybridized carbons (Fsp3) is 0.533. The van der Waals surface area contributed by atoms with Crippen LogP contribution in [-0.2, 0) is 4.79 Å². The molecule has 0 heterocycles. The quantitative estimate of drug-likeness (QED) is 0.901. The number of rotatable bonds is 3. The van der Waals surface area contributed by atoms with Crippen LogP contribution in [0.25, 0.3) is 0 Å². The van der Waals surface area contributed by atoms with Crippen LogP contribution in [0.15, 0.2) is 18.2 Å². The van der Waals surface area contributed by atoms with E-state index < -0.39 is 5.82 Å². The zero-order chi connectivity index (χ0) is 14.3. The summed E-state index contributed by atoms with van der Waals surface area (Å²) in [5.41, 5.74) is 6.59. The van der Waals surface area contributed by atoms with E-state index >= 15 is 0 Å². The van der Waals surface area contributed by atoms with E-state index in [1.165, 1.54) is 19.2 Å². The third-order valence-corrected chi connectivity index (χ3v) is 4.70. The van der Waals surface area contributed by atoms with Gasteiger partial charge in [0, 0.05) is 17.8 Å². The number of anilines is 1. The highest BCUT2D eigenvalue weighted by atomic mass is 35.5. The van der Waals surface area contributed by atoms with Gasteiger partial charge in [0.25, 0.3) is 0 Å². The fourth-order valence-electron chi connectivity index (χ4n) is 3.69. The van der Waals surface area contributed by atoms with Gasteiger partial charge in [-0.05, 0) is 43.2 Å². The first kappa shape index (κ1) is 16.0. The molecular weight excluding hydrogens is 295 g/mol. The Labute approximate surface area is 129 Å². The summed E-state index contributed by atoms with van der Waals surface area (Å²) in [4.78, 5) is 12.3. The summed E-state index contributed by atoms with van der Waals surface area (Å²) in [5.74, 6) is 0.316. The largest absolute Gasteiger partial charge is 0.494 e. The van der Waals surface area contributed by atoms with Crippen molar-refractivity contribution < 1.29 is 13.9 Å². The molecule has 2 saturated carbocycles. The topological polar surface area (TPSA) is 64.3 Å². The standard InChI is InChI=1S/C15H19FN2O2.ClH/c1-20-12-5-4-10(7-11(12)16)18-15(19)13-8-2-3-9(6-8)14(13)17;/h4-5,7-9,13-14H,2-3,6,17H2,1H3,(H,18,19);1H. The van der Waals surface area contributed by atoms with Crippen molar-refractivity contribution in [1.82, 2.24) is 0 Å². The van der Waals surface area contributed by atoms with Crippen molar-refractivity contribution in [1.29, 1.82) is 0 Å². The molecule has 0 spiro atoms. The molecule has 2 fully saturated rings. The number of fused-ring (bicyclic) bond motifs is 2. The van der Waals surface area contributed by atoms with Crippen molar-refractivity contribution in [2.24, 2.45) is 23.5 Å². The van der Waals surface area contributed by atoms with Crippen LogP contribution in [-0.4, -0.2) is 19.1 Å². The second-order valence-electron chi connectivity index (χ2n) is 5.77. The number of ether oxygens (including phenoxy) is 1. The van der Waals surface area contributed by atoms with Gasteiger partial charge in [-0.25, -0.2) is 4.39 Å². The van der Waals surface area contributed by atoms with Crippen molar-refractivity contribution in [3.63, 3.8) is 0 Å². The van der Waals surface area contributed by atoms with E-state index in [1.54, 1.807) is 6.07 Å². The Kier molecular flexibility index (Phi) is 4.74. The van der Waals surface area contributed by atoms with Crippen molar-refractivity contribution in [2.75, 3.05) is 12.4 Å². The van der Waals surface area contributed by atoms with Gasteiger partial charge in [0.2, 0.25) is 5.91 Å². The van der Waals surface area contributed by atoms with Crippen molar-refractivity contribution in [3.8, 4) is 5.75 Å². The maximum absolute atomic E-state index is 13.6. The first-order valence-corrected chi connectivity index (χ1v) is 7.00. The van der Waals surface area contributed by atoms with Crippen LogP contribution in [0.5, 0.6) is 5.75 Å². The molecule has 21 heavy (non-hydrogen) atoms. The lowest BCUT2D eigenvalue weighted by Gasteiger charge is -2.27. The highest BCUT2D eigenvalue weighted by molar-refractivity contribution is 5.93. The summed E-state index contributed by atoms with van der Waals surface area (Å²) in [6.07, 6.45) is 3.26. The summed E-state index contributed by atoms with van der Waals surface area (Å²) in [7, 11) is 1.41. The second kappa shape index (κ2) is 6.20. The maximum Gasteiger partial charge on any atom is 0.229 e. The molecule has 3 rings (SSSR count). The molecule has 0 radical (unpaired) electrons. The van der Waals surface area contributed by atoms with Gasteiger partial charge in [0.05, 0.1) is 13.0 Å². The first-order valence-electron chi connectivity index (χ1n) is 7.00. The smallest absolute Gasteiger partial charge is 0.229 e. The molecule has 2 aliphatic carbocycles. The number of methoxy groups -OCH3 is 1. The molecule has 4 unspecified atom stereocenters. The van der Waals surface area contributed by atoms with Crippen LogP contribution in [0, 0.1) is 23.6 Å². The third kappa shape index (κ3) is 2.85. The SMILES string of the molecule is COc1ccc(NC(=O)C2C3CCC(C3)C2N)cc1F.Cl. The number of nitrogens with two attached hydrogens (primary N) is 1. The zero-order valence-corrected chi connectivity index (χ0v) is 12.7. The molecule has 1 amide bonds. The number of carbonyl (C=O) groups excluding carboxylic acids is 1. The average Bonchev–Trinajstić information content (AvgIpc) is 2.99. The van der Waals surface area contributed by atoms with Gasteiger partial charge in [-0.1, -0.05) is 0 Å². The lowest BCUT2D eigenvalue weighted by molar-refractivity contribution is -0.121. The predicted octanol–water partition coefficient (Wildman–Crippen LogP) is 2.57. The highest BCUT2D eigenvalue weighted by Crippen LogP contribution is 2.47. The van der Waals surface area contributed by atoms with Crippen LogP contribution >= 0.6 is 12.4 Å². The monoisotopic (exact) mass is 314 g/mol. The van der Waals surface area contributed by atoms with Gasteiger partial charge >= 0.3 is 0 Å². The van der Waals surface area contributed by atoms with Crippen molar-refractivity contribution in [3.05, 3.63) is 24.0 Å². The van der Waals surface area contributed by atoms with E-state index in [4.69, 9.17) is 10.5 Å². The van der Waals surface area contributed by atoms with Crippen molar-refractivity contribution >= 4 is 24.0 Å². The van der Waals surface area contributed by atoms with Crippen LogP contribution in [0.1, 0.15) is 19.3 Å². The van der Waals surface area contributed by atoms with Gasteiger partial charge in [-0.15, -0.1) is 12.4 Å². The van der Waals surface area contributed by atoms with E-state index in [9.17, 15) is 9.18 Å². The normalized spacial score (nSPS) is 29.9. The maximum atomic E-state index is 13.6. The van der Waals surface area contributed by atoms with Gasteiger partial charge in [0.15, 0.2) is 11.6 Å². The number of nitrogens with one attached hydrogen (secondary N) is 1. The molecule has 0 aliphatic heterocycles. The molecule has 4 atom stereocenters. The Hall–Kier alpha value is -1.33. The van der Waals surface area contributed by atoms with E-state index in [0.717, 1.165) is 19.3 Å². The van der Waals surface area contributed by atoms with Crippen LogP contribution in [0.4, 0.5) is 10.1 Å². The van der Waals surface area contributed by atoms with Gasteiger partial charge in [0.1, 0.15) is 0 Å². The lowest BCUT2D eigenvalue weighted by atomic mass is 9.84.